The van der Waals surface area contributed by atoms with E-state index >= 15 is 0 Å². The number of hydrogen-bond acceptors (Lipinski definition) is 2. The number of nitrogens with zero attached hydrogens (tertiary/aromatic N) is 2. The van der Waals surface area contributed by atoms with Gasteiger partial charge in [0.2, 0.25) is 0 Å². The van der Waals surface area contributed by atoms with Gasteiger partial charge >= 0.3 is 0 Å². The third kappa shape index (κ3) is 1.49. The van der Waals surface area contributed by atoms with E-state index in [1.807, 2.05) is 12.1 Å². The van der Waals surface area contributed by atoms with Gasteiger partial charge in [0.1, 0.15) is 6.07 Å². The molecular weight excluding hydrogens is 200 g/mol. The van der Waals surface area contributed by atoms with Crippen molar-refractivity contribution in [2.24, 2.45) is 0 Å². The van der Waals surface area contributed by atoms with Crippen LogP contribution in [0.25, 0.3) is 0 Å². The summed E-state index contributed by atoms with van der Waals surface area (Å²) in [7, 11) is 0. The molecule has 0 radical (unpaired) electrons. The number of amides is 1. The number of hydrogen-bond donors (Lipinski definition) is 0. The lowest BCUT2D eigenvalue weighted by molar-refractivity contribution is -0.115. The number of nitriles is 1. The van der Waals surface area contributed by atoms with Crippen LogP contribution in [-0.2, 0) is 11.2 Å². The summed E-state index contributed by atoms with van der Waals surface area (Å²) in [4.78, 5) is 13.5. The molecular formula is C13H12N2O. The Morgan fingerprint density at radius 2 is 2.31 bits per heavy atom. The van der Waals surface area contributed by atoms with E-state index in [0.717, 1.165) is 17.7 Å². The Morgan fingerprint density at radius 3 is 2.94 bits per heavy atom. The number of benzene rings is 1. The first-order valence-electron chi connectivity index (χ1n) is 5.14. The average Bonchev–Trinajstić information content (AvgIpc) is 2.71. The standard InChI is InChI=1S/C13H12N2O/c1-9(2)13(16)15-7-6-10-4-3-5-11(8-14)12(10)15/h3-5H,1,6-7H2,2H3. The third-order valence-electron chi connectivity index (χ3n) is 2.72. The van der Waals surface area contributed by atoms with Crippen LogP contribution in [0.3, 0.4) is 0 Å². The first-order valence-corrected chi connectivity index (χ1v) is 5.14. The minimum Gasteiger partial charge on any atom is -0.307 e. The molecule has 1 amide bonds. The first kappa shape index (κ1) is 10.4. The summed E-state index contributed by atoms with van der Waals surface area (Å²) in [5.74, 6) is -0.0959. The molecule has 3 heteroatoms. The van der Waals surface area contributed by atoms with Crippen molar-refractivity contribution < 1.29 is 4.79 Å². The summed E-state index contributed by atoms with van der Waals surface area (Å²) in [5.41, 5.74) is 2.89. The van der Waals surface area contributed by atoms with Crippen LogP contribution in [0.15, 0.2) is 30.4 Å². The van der Waals surface area contributed by atoms with Crippen molar-refractivity contribution in [1.82, 2.24) is 0 Å². The summed E-state index contributed by atoms with van der Waals surface area (Å²) >= 11 is 0. The predicted octanol–water partition coefficient (Wildman–Crippen LogP) is 2.02. The fourth-order valence-corrected chi connectivity index (χ4v) is 1.98. The minimum absolute atomic E-state index is 0.0959. The fourth-order valence-electron chi connectivity index (χ4n) is 1.98. The monoisotopic (exact) mass is 212 g/mol. The molecule has 0 saturated carbocycles. The van der Waals surface area contributed by atoms with Crippen molar-refractivity contribution in [2.75, 3.05) is 11.4 Å². The van der Waals surface area contributed by atoms with Gasteiger partial charge in [-0.1, -0.05) is 18.7 Å². The van der Waals surface area contributed by atoms with E-state index in [4.69, 9.17) is 5.26 Å². The molecule has 1 aliphatic rings. The van der Waals surface area contributed by atoms with E-state index in [9.17, 15) is 4.79 Å². The van der Waals surface area contributed by atoms with Gasteiger partial charge < -0.3 is 4.90 Å². The zero-order chi connectivity index (χ0) is 11.7. The number of rotatable bonds is 1. The van der Waals surface area contributed by atoms with Gasteiger partial charge in [-0.15, -0.1) is 0 Å². The second-order valence-electron chi connectivity index (χ2n) is 3.91. The molecule has 0 aliphatic carbocycles. The summed E-state index contributed by atoms with van der Waals surface area (Å²) in [5, 5.41) is 9.03. The quantitative estimate of drug-likeness (QED) is 0.668. The van der Waals surface area contributed by atoms with Crippen molar-refractivity contribution in [1.29, 1.82) is 5.26 Å². The van der Waals surface area contributed by atoms with Crippen LogP contribution in [0.1, 0.15) is 18.1 Å². The maximum Gasteiger partial charge on any atom is 0.253 e. The Morgan fingerprint density at radius 1 is 1.56 bits per heavy atom. The Kier molecular flexibility index (Phi) is 2.49. The highest BCUT2D eigenvalue weighted by atomic mass is 16.2. The first-order chi connectivity index (χ1) is 7.65. The number of anilines is 1. The molecule has 0 saturated heterocycles. The van der Waals surface area contributed by atoms with Gasteiger partial charge in [-0.25, -0.2) is 0 Å². The fraction of sp³-hybridized carbons (Fsp3) is 0.231. The van der Waals surface area contributed by atoms with Crippen molar-refractivity contribution in [2.45, 2.75) is 13.3 Å². The van der Waals surface area contributed by atoms with E-state index in [1.165, 1.54) is 0 Å². The van der Waals surface area contributed by atoms with Gasteiger partial charge in [-0.05, 0) is 25.0 Å². The highest BCUT2D eigenvalue weighted by Gasteiger charge is 2.27. The van der Waals surface area contributed by atoms with Crippen LogP contribution >= 0.6 is 0 Å². The van der Waals surface area contributed by atoms with Gasteiger partial charge in [0.15, 0.2) is 0 Å². The van der Waals surface area contributed by atoms with Crippen molar-refractivity contribution >= 4 is 11.6 Å². The smallest absolute Gasteiger partial charge is 0.253 e. The Hall–Kier alpha value is -2.08. The zero-order valence-electron chi connectivity index (χ0n) is 9.16. The van der Waals surface area contributed by atoms with E-state index in [-0.39, 0.29) is 5.91 Å². The molecule has 0 spiro atoms. The average molecular weight is 212 g/mol. The SMILES string of the molecule is C=C(C)C(=O)N1CCc2cccc(C#N)c21. The van der Waals surface area contributed by atoms with E-state index < -0.39 is 0 Å². The summed E-state index contributed by atoms with van der Waals surface area (Å²) < 4.78 is 0. The van der Waals surface area contributed by atoms with Crippen LogP contribution in [0.4, 0.5) is 5.69 Å². The van der Waals surface area contributed by atoms with Gasteiger partial charge in [0.05, 0.1) is 11.3 Å². The molecule has 0 bridgehead atoms. The van der Waals surface area contributed by atoms with Crippen molar-refractivity contribution in [3.8, 4) is 6.07 Å². The minimum atomic E-state index is -0.0959. The molecule has 1 aliphatic heterocycles. The van der Waals surface area contributed by atoms with Crippen LogP contribution in [0.5, 0.6) is 0 Å². The Labute approximate surface area is 94.6 Å². The topological polar surface area (TPSA) is 44.1 Å². The largest absolute Gasteiger partial charge is 0.307 e. The van der Waals surface area contributed by atoms with Gasteiger partial charge in [-0.2, -0.15) is 5.26 Å². The lowest BCUT2D eigenvalue weighted by atomic mass is 10.1. The van der Waals surface area contributed by atoms with Crippen molar-refractivity contribution in [3.63, 3.8) is 0 Å². The van der Waals surface area contributed by atoms with Crippen LogP contribution in [0, 0.1) is 11.3 Å². The number of fused-ring (bicyclic) bond motifs is 1. The Bertz CT molecular complexity index is 511. The van der Waals surface area contributed by atoms with Gasteiger partial charge in [0.25, 0.3) is 5.91 Å². The third-order valence-corrected chi connectivity index (χ3v) is 2.72. The Balaban J connectivity index is 2.50. The molecule has 1 heterocycles. The summed E-state index contributed by atoms with van der Waals surface area (Å²) in [6, 6.07) is 7.68. The lowest BCUT2D eigenvalue weighted by Crippen LogP contribution is -2.29. The predicted molar refractivity (Wildman–Crippen MR) is 62.0 cm³/mol. The summed E-state index contributed by atoms with van der Waals surface area (Å²) in [6.07, 6.45) is 0.809. The van der Waals surface area contributed by atoms with Crippen LogP contribution in [-0.4, -0.2) is 12.5 Å². The molecule has 0 N–H and O–H groups in total. The van der Waals surface area contributed by atoms with E-state index in [0.29, 0.717) is 17.7 Å². The number of para-hydroxylation sites is 1. The molecule has 1 aromatic carbocycles. The second-order valence-corrected chi connectivity index (χ2v) is 3.91. The van der Waals surface area contributed by atoms with Gasteiger partial charge in [-0.3, -0.25) is 4.79 Å². The van der Waals surface area contributed by atoms with Gasteiger partial charge in [0, 0.05) is 12.1 Å². The highest BCUT2D eigenvalue weighted by Crippen LogP contribution is 2.32. The molecule has 2 rings (SSSR count). The van der Waals surface area contributed by atoms with Crippen LogP contribution in [0.2, 0.25) is 0 Å². The highest BCUT2D eigenvalue weighted by molar-refractivity contribution is 6.06. The molecule has 0 fully saturated rings. The van der Waals surface area contributed by atoms with E-state index in [2.05, 4.69) is 12.6 Å². The second kappa shape index (κ2) is 3.82. The molecule has 0 aromatic heterocycles. The normalized spacial score (nSPS) is 13.1. The molecule has 80 valence electrons. The zero-order valence-corrected chi connectivity index (χ0v) is 9.16. The molecule has 16 heavy (non-hydrogen) atoms. The molecule has 0 unspecified atom stereocenters. The maximum absolute atomic E-state index is 11.9. The number of carbonyl (C=O) groups is 1. The van der Waals surface area contributed by atoms with E-state index in [1.54, 1.807) is 17.9 Å². The molecule has 0 atom stereocenters. The molecule has 1 aromatic rings. The molecule has 3 nitrogen and oxygen atoms in total. The summed E-state index contributed by atoms with van der Waals surface area (Å²) in [6.45, 7) is 5.98. The lowest BCUT2D eigenvalue weighted by Gasteiger charge is -2.18. The van der Waals surface area contributed by atoms with Crippen LogP contribution < -0.4 is 4.90 Å². The number of carbonyl (C=O) groups excluding carboxylic acids is 1. The maximum atomic E-state index is 11.9. The van der Waals surface area contributed by atoms with Crippen molar-refractivity contribution in [3.05, 3.63) is 41.5 Å².